The Kier molecular flexibility index (Phi) is 13.6. The van der Waals surface area contributed by atoms with Crippen LogP contribution < -0.4 is 14.8 Å². The molecule has 0 fully saturated rings. The van der Waals surface area contributed by atoms with Crippen LogP contribution in [0, 0.1) is 0 Å². The fraction of sp³-hybridized carbons (Fsp3) is 0.273. The lowest BCUT2D eigenvalue weighted by Gasteiger charge is -2.26. The minimum absolute atomic E-state index is 0.0596. The number of carbonyl (C=O) groups is 2. The van der Waals surface area contributed by atoms with E-state index in [9.17, 15) is 9.59 Å². The molecule has 0 aliphatic rings. The molecule has 264 valence electrons. The second-order valence-electron chi connectivity index (χ2n) is 12.7. The molecule has 0 spiro atoms. The van der Waals surface area contributed by atoms with Gasteiger partial charge in [0.25, 0.3) is 0 Å². The predicted octanol–water partition coefficient (Wildman–Crippen LogP) is 7.84. The van der Waals surface area contributed by atoms with Crippen LogP contribution in [0.4, 0.5) is 0 Å². The van der Waals surface area contributed by atoms with Crippen molar-refractivity contribution in [3.05, 3.63) is 155 Å². The Bertz CT molecular complexity index is 1850. The number of ketones is 1. The molecule has 0 amide bonds. The SMILES string of the molecule is CCN(C)[C@@H](Cc1cc(-c2ccc(OCc3ccccc3)c(C[C@H](NC)C(C)=O)c2)ccc1OCc1ccccc1)C(=O)OCc1ccccc1. The first-order chi connectivity index (χ1) is 24.8. The second kappa shape index (κ2) is 18.7. The van der Waals surface area contributed by atoms with Crippen molar-refractivity contribution in [2.75, 3.05) is 20.6 Å². The first-order valence-corrected chi connectivity index (χ1v) is 17.5. The molecule has 5 aromatic rings. The minimum atomic E-state index is -0.524. The molecule has 5 rings (SSSR count). The highest BCUT2D eigenvalue weighted by Crippen LogP contribution is 2.33. The number of esters is 1. The average Bonchev–Trinajstić information content (AvgIpc) is 3.17. The van der Waals surface area contributed by atoms with Gasteiger partial charge in [0.05, 0.1) is 6.04 Å². The fourth-order valence-electron chi connectivity index (χ4n) is 5.93. The maximum Gasteiger partial charge on any atom is 0.324 e. The van der Waals surface area contributed by atoms with Gasteiger partial charge in [-0.2, -0.15) is 0 Å². The van der Waals surface area contributed by atoms with Gasteiger partial charge in [-0.1, -0.05) is 110 Å². The Morgan fingerprint density at radius 2 is 1.10 bits per heavy atom. The topological polar surface area (TPSA) is 77.1 Å². The lowest BCUT2D eigenvalue weighted by Crippen LogP contribution is -2.41. The van der Waals surface area contributed by atoms with Crippen molar-refractivity contribution < 1.29 is 23.8 Å². The number of ether oxygens (including phenoxy) is 3. The Morgan fingerprint density at radius 3 is 1.53 bits per heavy atom. The standard InChI is InChI=1S/C44H48N2O5/c1-5-46(4)41(44(48)51-31-35-19-13-8-14-20-35)28-39-26-37(22-24-43(39)50-30-34-17-11-7-12-18-34)36-21-23-42(49-29-33-15-9-6-10-16-33)38(25-36)27-40(45-3)32(2)47/h6-26,40-41,45H,5,27-31H2,1-4H3/t40-,41-/m0/s1. The summed E-state index contributed by atoms with van der Waals surface area (Å²) in [4.78, 5) is 28.1. The molecular weight excluding hydrogens is 636 g/mol. The van der Waals surface area contributed by atoms with Crippen LogP contribution in [0.3, 0.4) is 0 Å². The summed E-state index contributed by atoms with van der Waals surface area (Å²) in [6, 6.07) is 41.2. The van der Waals surface area contributed by atoms with Crippen molar-refractivity contribution in [3.8, 4) is 22.6 Å². The van der Waals surface area contributed by atoms with Crippen LogP contribution in [-0.2, 0) is 47.0 Å². The molecule has 0 radical (unpaired) electrons. The molecule has 1 N–H and O–H groups in total. The van der Waals surface area contributed by atoms with Crippen LogP contribution in [0.15, 0.2) is 127 Å². The monoisotopic (exact) mass is 684 g/mol. The largest absolute Gasteiger partial charge is 0.489 e. The van der Waals surface area contributed by atoms with E-state index in [1.54, 1.807) is 14.0 Å². The number of rotatable bonds is 18. The number of nitrogens with one attached hydrogen (secondary N) is 1. The van der Waals surface area contributed by atoms with E-state index in [1.807, 2.05) is 134 Å². The van der Waals surface area contributed by atoms with Crippen molar-refractivity contribution in [2.45, 2.75) is 58.6 Å². The van der Waals surface area contributed by atoms with Gasteiger partial charge in [0.2, 0.25) is 0 Å². The van der Waals surface area contributed by atoms with Gasteiger partial charge in [-0.05, 0) is 97.2 Å². The second-order valence-corrected chi connectivity index (χ2v) is 12.7. The Balaban J connectivity index is 1.48. The Hall–Kier alpha value is -5.24. The number of likely N-dealkylation sites (N-methyl/N-ethyl adjacent to an activating group) is 2. The Morgan fingerprint density at radius 1 is 0.647 bits per heavy atom. The van der Waals surface area contributed by atoms with Crippen molar-refractivity contribution in [3.63, 3.8) is 0 Å². The van der Waals surface area contributed by atoms with Crippen LogP contribution in [0.5, 0.6) is 11.5 Å². The number of benzene rings is 5. The molecule has 2 atom stereocenters. The molecule has 0 unspecified atom stereocenters. The van der Waals surface area contributed by atoms with Crippen LogP contribution in [0.25, 0.3) is 11.1 Å². The molecule has 7 heteroatoms. The molecule has 0 aliphatic heterocycles. The third kappa shape index (κ3) is 10.6. The highest BCUT2D eigenvalue weighted by molar-refractivity contribution is 5.82. The quantitative estimate of drug-likeness (QED) is 0.0943. The molecule has 51 heavy (non-hydrogen) atoms. The number of carbonyl (C=O) groups excluding carboxylic acids is 2. The number of hydrogen-bond donors (Lipinski definition) is 1. The van der Waals surface area contributed by atoms with Gasteiger partial charge in [0.1, 0.15) is 43.1 Å². The zero-order valence-corrected chi connectivity index (χ0v) is 30.0. The van der Waals surface area contributed by atoms with Crippen molar-refractivity contribution in [1.82, 2.24) is 10.2 Å². The number of Topliss-reactive ketones (excluding diaryl/α,β-unsaturated/α-hetero) is 1. The van der Waals surface area contributed by atoms with Gasteiger partial charge >= 0.3 is 5.97 Å². The van der Waals surface area contributed by atoms with E-state index in [0.717, 1.165) is 44.7 Å². The number of nitrogens with zero attached hydrogens (tertiary/aromatic N) is 1. The van der Waals surface area contributed by atoms with Crippen molar-refractivity contribution in [1.29, 1.82) is 0 Å². The van der Waals surface area contributed by atoms with Crippen LogP contribution in [-0.4, -0.2) is 49.4 Å². The fourth-order valence-corrected chi connectivity index (χ4v) is 5.93. The molecule has 0 saturated carbocycles. The summed E-state index contributed by atoms with van der Waals surface area (Å²) in [6.45, 7) is 5.32. The van der Waals surface area contributed by atoms with Gasteiger partial charge < -0.3 is 19.5 Å². The smallest absolute Gasteiger partial charge is 0.324 e. The van der Waals surface area contributed by atoms with Gasteiger partial charge in [0, 0.05) is 6.42 Å². The highest BCUT2D eigenvalue weighted by Gasteiger charge is 2.26. The van der Waals surface area contributed by atoms with Crippen LogP contribution >= 0.6 is 0 Å². The van der Waals surface area contributed by atoms with E-state index < -0.39 is 6.04 Å². The van der Waals surface area contributed by atoms with E-state index in [1.165, 1.54) is 0 Å². The summed E-state index contributed by atoms with van der Waals surface area (Å²) >= 11 is 0. The lowest BCUT2D eigenvalue weighted by atomic mass is 9.94. The van der Waals surface area contributed by atoms with Gasteiger partial charge in [-0.15, -0.1) is 0 Å². The first-order valence-electron chi connectivity index (χ1n) is 17.5. The molecule has 0 saturated heterocycles. The maximum atomic E-state index is 13.6. The zero-order chi connectivity index (χ0) is 36.0. The summed E-state index contributed by atoms with van der Waals surface area (Å²) in [5, 5.41) is 3.15. The van der Waals surface area contributed by atoms with Gasteiger partial charge in [0.15, 0.2) is 0 Å². The van der Waals surface area contributed by atoms with Gasteiger partial charge in [-0.3, -0.25) is 14.5 Å². The molecule has 0 bridgehead atoms. The molecule has 0 heterocycles. The maximum absolute atomic E-state index is 13.6. The highest BCUT2D eigenvalue weighted by atomic mass is 16.5. The third-order valence-electron chi connectivity index (χ3n) is 9.13. The summed E-state index contributed by atoms with van der Waals surface area (Å²) in [5.74, 6) is 1.22. The lowest BCUT2D eigenvalue weighted by molar-refractivity contribution is -0.150. The normalized spacial score (nSPS) is 12.3. The van der Waals surface area contributed by atoms with E-state index in [2.05, 4.69) is 17.4 Å². The third-order valence-corrected chi connectivity index (χ3v) is 9.13. The first kappa shape index (κ1) is 37.0. The van der Waals surface area contributed by atoms with Crippen molar-refractivity contribution in [2.24, 2.45) is 0 Å². The van der Waals surface area contributed by atoms with E-state index >= 15 is 0 Å². The molecule has 5 aromatic carbocycles. The summed E-state index contributed by atoms with van der Waals surface area (Å²) in [7, 11) is 3.74. The summed E-state index contributed by atoms with van der Waals surface area (Å²) in [6.07, 6.45) is 0.874. The Labute approximate surface area is 302 Å². The molecule has 0 aromatic heterocycles. The number of hydrogen-bond acceptors (Lipinski definition) is 7. The predicted molar refractivity (Wildman–Crippen MR) is 203 cm³/mol. The zero-order valence-electron chi connectivity index (χ0n) is 30.0. The van der Waals surface area contributed by atoms with E-state index in [-0.39, 0.29) is 24.4 Å². The minimum Gasteiger partial charge on any atom is -0.489 e. The summed E-state index contributed by atoms with van der Waals surface area (Å²) in [5.41, 5.74) is 6.82. The van der Waals surface area contributed by atoms with Crippen LogP contribution in [0.2, 0.25) is 0 Å². The van der Waals surface area contributed by atoms with Crippen molar-refractivity contribution >= 4 is 11.8 Å². The van der Waals surface area contributed by atoms with Crippen LogP contribution in [0.1, 0.15) is 41.7 Å². The molecule has 0 aliphatic carbocycles. The average molecular weight is 685 g/mol. The van der Waals surface area contributed by atoms with E-state index in [4.69, 9.17) is 14.2 Å². The van der Waals surface area contributed by atoms with E-state index in [0.29, 0.717) is 38.3 Å². The summed E-state index contributed by atoms with van der Waals surface area (Å²) < 4.78 is 18.6. The molecular formula is C44H48N2O5. The van der Waals surface area contributed by atoms with Gasteiger partial charge in [-0.25, -0.2) is 0 Å². The molecule has 7 nitrogen and oxygen atoms in total.